The fraction of sp³-hybridized carbons (Fsp3) is 0.192. The number of benzene rings is 3. The first kappa shape index (κ1) is 47.6. The fourth-order valence-electron chi connectivity index (χ4n) is 3.66. The molecular weight excluding hydrogens is 746 g/mol. The van der Waals surface area contributed by atoms with E-state index in [-0.39, 0.29) is 125 Å². The van der Waals surface area contributed by atoms with E-state index in [1.54, 1.807) is 24.3 Å². The summed E-state index contributed by atoms with van der Waals surface area (Å²) in [6.07, 6.45) is 0.276. The first-order chi connectivity index (χ1) is 22.9. The number of ether oxygens (including phenoxy) is 2. The normalized spacial score (nSPS) is 10.2. The second kappa shape index (κ2) is 26.4. The van der Waals surface area contributed by atoms with Gasteiger partial charge in [0.2, 0.25) is 11.9 Å². The van der Waals surface area contributed by atoms with Gasteiger partial charge in [-0.2, -0.15) is 32.2 Å². The Morgan fingerprint density at radius 3 is 2.42 bits per heavy atom. The summed E-state index contributed by atoms with van der Waals surface area (Å²) < 4.78 is 41.0. The van der Waals surface area contributed by atoms with Crippen molar-refractivity contribution in [2.75, 3.05) is 42.7 Å². The molecule has 0 spiro atoms. The molecule has 0 atom stereocenters. The number of hydrogen-bond donors (Lipinski definition) is 4. The number of fused-ring (bicyclic) bond motifs is 1. The van der Waals surface area contributed by atoms with Gasteiger partial charge in [0, 0.05) is 17.1 Å². The van der Waals surface area contributed by atoms with Crippen LogP contribution in [0.5, 0.6) is 5.75 Å². The number of phenolic OH excluding ortho intramolecular Hbond substituents is 1. The quantitative estimate of drug-likeness (QED) is 0.0124. The number of phenols is 1. The fourth-order valence-corrected chi connectivity index (χ4v) is 4.57. The van der Waals surface area contributed by atoms with Gasteiger partial charge in [-0.05, 0) is 41.8 Å². The van der Waals surface area contributed by atoms with Crippen molar-refractivity contribution in [3.8, 4) is 5.75 Å². The minimum atomic E-state index is -1.04. The third-order valence-electron chi connectivity index (χ3n) is 5.46. The minimum absolute atomic E-state index is 0. The molecule has 0 unspecified atom stereocenters. The summed E-state index contributed by atoms with van der Waals surface area (Å²) in [4.78, 5) is 12.0. The third kappa shape index (κ3) is 15.1. The first-order valence-electron chi connectivity index (χ1n) is 12.7. The standard InChI is InChI=1S/C25H25FN8O9S2.CH4.2Na.OS/c1-2-38-9-10-39-8-7-28-24-30-23(26)31-25(32-24)29-15-4-6-18(20(12-15)45-43-41-37)33-34-22-17(27)5-3-14-11-16(44-42-40-36)13-19(35)21(14)22;;;;1-2/h2-6,11-13,35-37H,1,7-10,27H2,(H2,28,29,30,31,32);1H4;;;/q;;2*+1;/p-2. The minimum Gasteiger partial charge on any atom is -0.691 e. The van der Waals surface area contributed by atoms with Gasteiger partial charge < -0.3 is 41.5 Å². The van der Waals surface area contributed by atoms with Gasteiger partial charge in [0.15, 0.2) is 12.5 Å². The Balaban J connectivity index is 0.00000471. The van der Waals surface area contributed by atoms with Crippen molar-refractivity contribution in [3.63, 3.8) is 0 Å². The van der Waals surface area contributed by atoms with Gasteiger partial charge in [0.1, 0.15) is 23.7 Å². The van der Waals surface area contributed by atoms with E-state index in [9.17, 15) is 20.0 Å². The Kier molecular flexibility index (Phi) is 25.2. The van der Waals surface area contributed by atoms with Crippen molar-refractivity contribution in [1.82, 2.24) is 15.0 Å². The van der Waals surface area contributed by atoms with Crippen molar-refractivity contribution in [2.45, 2.75) is 17.2 Å². The molecule has 5 N–H and O–H groups in total. The van der Waals surface area contributed by atoms with Crippen LogP contribution in [0.3, 0.4) is 0 Å². The zero-order valence-electron chi connectivity index (χ0n) is 25.7. The molecule has 24 heteroatoms. The van der Waals surface area contributed by atoms with Gasteiger partial charge >= 0.3 is 65.2 Å². The Hall–Kier alpha value is -2.36. The number of aromatic hydroxyl groups is 1. The van der Waals surface area contributed by atoms with Gasteiger partial charge in [-0.15, -0.1) is 10.2 Å². The molecule has 0 saturated heterocycles. The molecule has 0 amide bonds. The van der Waals surface area contributed by atoms with E-state index in [2.05, 4.69) is 73.7 Å². The summed E-state index contributed by atoms with van der Waals surface area (Å²) in [5.41, 5.74) is 7.01. The molecule has 1 aromatic heterocycles. The van der Waals surface area contributed by atoms with E-state index in [0.29, 0.717) is 53.3 Å². The molecular formula is C26H27FN8Na2O10S3. The van der Waals surface area contributed by atoms with Crippen LogP contribution in [-0.2, 0) is 40.8 Å². The van der Waals surface area contributed by atoms with Crippen LogP contribution in [0.4, 0.5) is 39.0 Å². The second-order valence-electron chi connectivity index (χ2n) is 8.32. The molecule has 4 aromatic rings. The SMILES string of the molecule is C.C=COCCOCCNc1nc(F)nc(Nc2ccc(N=Nc3c(N)ccc4cc(SOO[O-])cc(O)c34)c(SOO[O-])c2)n1.O=S.[Na+].[Na+]. The van der Waals surface area contributed by atoms with Crippen molar-refractivity contribution in [1.29, 1.82) is 0 Å². The molecule has 0 aliphatic heterocycles. The van der Waals surface area contributed by atoms with Crippen LogP contribution in [0.2, 0.25) is 0 Å². The van der Waals surface area contributed by atoms with Crippen molar-refractivity contribution >= 4 is 82.0 Å². The summed E-state index contributed by atoms with van der Waals surface area (Å²) in [7, 11) is 0. The number of aromatic nitrogens is 3. The Bertz CT molecular complexity index is 1680. The Morgan fingerprint density at radius 2 is 1.70 bits per heavy atom. The maximum atomic E-state index is 14.1. The van der Waals surface area contributed by atoms with E-state index < -0.39 is 6.08 Å². The van der Waals surface area contributed by atoms with Gasteiger partial charge in [0.25, 0.3) is 0 Å². The average molecular weight is 773 g/mol. The van der Waals surface area contributed by atoms with E-state index in [0.717, 1.165) is 0 Å². The molecule has 0 bridgehead atoms. The smallest absolute Gasteiger partial charge is 0.691 e. The number of azo groups is 1. The molecule has 0 fully saturated rings. The summed E-state index contributed by atoms with van der Waals surface area (Å²) in [5.74, 6) is -0.376. The molecule has 3 aromatic carbocycles. The summed E-state index contributed by atoms with van der Waals surface area (Å²) in [5, 5.41) is 53.1. The maximum Gasteiger partial charge on any atom is 1.00 e. The third-order valence-corrected chi connectivity index (χ3v) is 6.64. The number of hydrogen-bond acceptors (Lipinski definition) is 21. The van der Waals surface area contributed by atoms with Crippen LogP contribution in [0.15, 0.2) is 75.3 Å². The zero-order chi connectivity index (χ0) is 34.0. The summed E-state index contributed by atoms with van der Waals surface area (Å²) >= 11 is 3.96. The molecule has 0 saturated carbocycles. The Morgan fingerprint density at radius 1 is 0.980 bits per heavy atom. The van der Waals surface area contributed by atoms with Crippen LogP contribution in [0, 0.1) is 6.08 Å². The number of nitrogens with one attached hydrogen (secondary N) is 2. The monoisotopic (exact) mass is 772 g/mol. The molecule has 50 heavy (non-hydrogen) atoms. The van der Waals surface area contributed by atoms with Crippen LogP contribution in [0.1, 0.15) is 7.43 Å². The number of nitrogens with two attached hydrogens (primary N) is 1. The maximum absolute atomic E-state index is 14.1. The van der Waals surface area contributed by atoms with E-state index >= 15 is 0 Å². The van der Waals surface area contributed by atoms with Crippen LogP contribution >= 0.6 is 24.1 Å². The van der Waals surface area contributed by atoms with Crippen molar-refractivity contribution in [2.24, 2.45) is 10.2 Å². The molecule has 0 aliphatic rings. The summed E-state index contributed by atoms with van der Waals surface area (Å²) in [6.45, 7) is 4.70. The summed E-state index contributed by atoms with van der Waals surface area (Å²) in [6, 6.07) is 10.7. The number of anilines is 4. The number of nitrogen functional groups attached to an aromatic ring is 1. The van der Waals surface area contributed by atoms with Crippen LogP contribution in [-0.4, -0.2) is 50.6 Å². The number of halogens is 1. The molecule has 0 radical (unpaired) electrons. The van der Waals surface area contributed by atoms with Gasteiger partial charge in [-0.1, -0.05) is 20.1 Å². The van der Waals surface area contributed by atoms with E-state index in [1.807, 2.05) is 0 Å². The van der Waals surface area contributed by atoms with Crippen molar-refractivity contribution < 1.29 is 112 Å². The molecule has 1 heterocycles. The van der Waals surface area contributed by atoms with Gasteiger partial charge in [-0.25, -0.2) is 0 Å². The van der Waals surface area contributed by atoms with Gasteiger partial charge in [-0.3, -0.25) is 10.1 Å². The predicted octanol–water partition coefficient (Wildman–Crippen LogP) is -2.03. The van der Waals surface area contributed by atoms with Crippen LogP contribution in [0.25, 0.3) is 10.8 Å². The number of nitrogens with zero attached hydrogens (tertiary/aromatic N) is 5. The molecule has 258 valence electrons. The second-order valence-corrected chi connectivity index (χ2v) is 9.84. The average Bonchev–Trinajstić information content (AvgIpc) is 3.07. The predicted molar refractivity (Wildman–Crippen MR) is 170 cm³/mol. The van der Waals surface area contributed by atoms with Crippen LogP contribution < -0.4 is 86.0 Å². The number of rotatable bonds is 18. The first-order valence-corrected chi connectivity index (χ1v) is 14.5. The molecule has 18 nitrogen and oxygen atoms in total. The molecule has 4 rings (SSSR count). The topological polar surface area (TPSA) is 252 Å². The van der Waals surface area contributed by atoms with Crippen molar-refractivity contribution in [3.05, 3.63) is 61.4 Å². The largest absolute Gasteiger partial charge is 1.00 e. The molecule has 0 aliphatic carbocycles. The zero-order valence-corrected chi connectivity index (χ0v) is 32.1. The van der Waals surface area contributed by atoms with E-state index in [1.165, 1.54) is 24.5 Å². The van der Waals surface area contributed by atoms with Gasteiger partial charge in [0.05, 0.1) is 59.5 Å². The van der Waals surface area contributed by atoms with E-state index in [4.69, 9.17) is 19.4 Å². The Labute approximate surface area is 343 Å².